The first-order valence-electron chi connectivity index (χ1n) is 7.46. The Hall–Kier alpha value is -3.08. The van der Waals surface area contributed by atoms with Gasteiger partial charge in [-0.05, 0) is 36.2 Å². The van der Waals surface area contributed by atoms with Crippen LogP contribution in [0.1, 0.15) is 26.3 Å². The predicted octanol–water partition coefficient (Wildman–Crippen LogP) is 2.59. The number of nitrogens with one attached hydrogen (secondary N) is 1. The second-order valence-corrected chi connectivity index (χ2v) is 5.68. The lowest BCUT2D eigenvalue weighted by molar-refractivity contribution is 0.0656. The molecule has 1 aliphatic heterocycles. The molecule has 0 bridgehead atoms. The molecule has 1 aromatic heterocycles. The molecule has 0 radical (unpaired) electrons. The van der Waals surface area contributed by atoms with Crippen LogP contribution < -0.4 is 5.73 Å². The summed E-state index contributed by atoms with van der Waals surface area (Å²) in [5.41, 5.74) is 9.18. The third-order valence-corrected chi connectivity index (χ3v) is 4.27. The Morgan fingerprint density at radius 2 is 1.78 bits per heavy atom. The molecule has 23 heavy (non-hydrogen) atoms. The van der Waals surface area contributed by atoms with Gasteiger partial charge in [0, 0.05) is 29.3 Å². The van der Waals surface area contributed by atoms with Crippen molar-refractivity contribution in [1.29, 1.82) is 0 Å². The molecule has 0 unspecified atom stereocenters. The quantitative estimate of drug-likeness (QED) is 0.576. The molecule has 0 aliphatic carbocycles. The number of imide groups is 1. The average Bonchev–Trinajstić information content (AvgIpc) is 3.06. The molecule has 2 heterocycles. The van der Waals surface area contributed by atoms with Gasteiger partial charge in [0.1, 0.15) is 0 Å². The minimum Gasteiger partial charge on any atom is -0.399 e. The summed E-state index contributed by atoms with van der Waals surface area (Å²) in [5, 5.41) is 1.12. The van der Waals surface area contributed by atoms with E-state index in [1.54, 1.807) is 18.2 Å². The Bertz CT molecular complexity index is 942. The van der Waals surface area contributed by atoms with E-state index in [2.05, 4.69) is 4.98 Å². The van der Waals surface area contributed by atoms with Crippen molar-refractivity contribution in [2.45, 2.75) is 6.42 Å². The maximum absolute atomic E-state index is 12.4. The number of carbonyl (C=O) groups is 2. The van der Waals surface area contributed by atoms with Crippen LogP contribution >= 0.6 is 0 Å². The number of benzene rings is 2. The summed E-state index contributed by atoms with van der Waals surface area (Å²) in [5.74, 6) is -0.512. The Morgan fingerprint density at radius 3 is 2.65 bits per heavy atom. The predicted molar refractivity (Wildman–Crippen MR) is 88.2 cm³/mol. The van der Waals surface area contributed by atoms with Gasteiger partial charge < -0.3 is 10.7 Å². The maximum Gasteiger partial charge on any atom is 0.261 e. The van der Waals surface area contributed by atoms with Crippen LogP contribution in [0.25, 0.3) is 10.9 Å². The van der Waals surface area contributed by atoms with Crippen LogP contribution in [-0.4, -0.2) is 28.2 Å². The minimum absolute atomic E-state index is 0.246. The molecular weight excluding hydrogens is 290 g/mol. The second kappa shape index (κ2) is 4.98. The van der Waals surface area contributed by atoms with Gasteiger partial charge in [-0.25, -0.2) is 0 Å². The summed E-state index contributed by atoms with van der Waals surface area (Å²) in [6.45, 7) is 0.355. The zero-order valence-corrected chi connectivity index (χ0v) is 12.4. The number of para-hydroxylation sites is 1. The van der Waals surface area contributed by atoms with Crippen molar-refractivity contribution in [3.63, 3.8) is 0 Å². The van der Waals surface area contributed by atoms with Gasteiger partial charge >= 0.3 is 0 Å². The van der Waals surface area contributed by atoms with E-state index in [1.807, 2.05) is 30.5 Å². The van der Waals surface area contributed by atoms with Crippen LogP contribution in [0.4, 0.5) is 5.69 Å². The molecule has 0 atom stereocenters. The van der Waals surface area contributed by atoms with Crippen molar-refractivity contribution < 1.29 is 9.59 Å². The summed E-state index contributed by atoms with van der Waals surface area (Å²) in [4.78, 5) is 29.3. The molecule has 5 nitrogen and oxygen atoms in total. The van der Waals surface area contributed by atoms with E-state index in [-0.39, 0.29) is 11.8 Å². The van der Waals surface area contributed by atoms with E-state index in [0.717, 1.165) is 16.5 Å². The number of H-pyrrole nitrogens is 1. The first-order chi connectivity index (χ1) is 11.1. The number of nitrogens with two attached hydrogens (primary N) is 1. The Kier molecular flexibility index (Phi) is 2.94. The van der Waals surface area contributed by atoms with Gasteiger partial charge in [0.15, 0.2) is 0 Å². The summed E-state index contributed by atoms with van der Waals surface area (Å²) in [7, 11) is 0. The normalized spacial score (nSPS) is 13.8. The number of aromatic amines is 1. The Labute approximate surface area is 132 Å². The number of carbonyl (C=O) groups excluding carboxylic acids is 2. The minimum atomic E-state index is -0.267. The van der Waals surface area contributed by atoms with Gasteiger partial charge in [0.2, 0.25) is 0 Å². The van der Waals surface area contributed by atoms with E-state index in [9.17, 15) is 9.59 Å². The summed E-state index contributed by atoms with van der Waals surface area (Å²) < 4.78 is 0. The fourth-order valence-corrected chi connectivity index (χ4v) is 3.08. The monoisotopic (exact) mass is 305 g/mol. The van der Waals surface area contributed by atoms with E-state index in [1.165, 1.54) is 4.90 Å². The maximum atomic E-state index is 12.4. The molecule has 0 saturated heterocycles. The molecule has 3 N–H and O–H groups in total. The molecule has 5 heteroatoms. The molecule has 3 aromatic rings. The van der Waals surface area contributed by atoms with Crippen LogP contribution in [0.2, 0.25) is 0 Å². The van der Waals surface area contributed by atoms with E-state index in [0.29, 0.717) is 29.8 Å². The zero-order valence-electron chi connectivity index (χ0n) is 12.4. The van der Waals surface area contributed by atoms with Gasteiger partial charge in [-0.15, -0.1) is 0 Å². The highest BCUT2D eigenvalue weighted by atomic mass is 16.2. The van der Waals surface area contributed by atoms with Crippen LogP contribution in [0.5, 0.6) is 0 Å². The number of nitrogens with zero attached hydrogens (tertiary/aromatic N) is 1. The molecule has 2 aromatic carbocycles. The highest BCUT2D eigenvalue weighted by molar-refractivity contribution is 6.21. The fourth-order valence-electron chi connectivity index (χ4n) is 3.08. The first kappa shape index (κ1) is 13.6. The number of fused-ring (bicyclic) bond motifs is 2. The van der Waals surface area contributed by atoms with Gasteiger partial charge in [0.25, 0.3) is 11.8 Å². The molecule has 0 spiro atoms. The third-order valence-electron chi connectivity index (χ3n) is 4.27. The van der Waals surface area contributed by atoms with Gasteiger partial charge in [-0.2, -0.15) is 0 Å². The topological polar surface area (TPSA) is 79.2 Å². The van der Waals surface area contributed by atoms with Crippen LogP contribution in [0.3, 0.4) is 0 Å². The molecule has 0 saturated carbocycles. The van der Waals surface area contributed by atoms with Crippen molar-refractivity contribution in [2.75, 3.05) is 12.3 Å². The lowest BCUT2D eigenvalue weighted by Crippen LogP contribution is -2.31. The highest BCUT2D eigenvalue weighted by Gasteiger charge is 2.35. The van der Waals surface area contributed by atoms with Crippen LogP contribution in [-0.2, 0) is 6.42 Å². The number of nitrogen functional groups attached to an aromatic ring is 1. The molecule has 4 rings (SSSR count). The summed E-state index contributed by atoms with van der Waals surface area (Å²) in [6, 6.07) is 12.8. The number of rotatable bonds is 3. The first-order valence-corrected chi connectivity index (χ1v) is 7.46. The smallest absolute Gasteiger partial charge is 0.261 e. The van der Waals surface area contributed by atoms with Gasteiger partial charge in [-0.1, -0.05) is 18.2 Å². The molecule has 0 fully saturated rings. The Morgan fingerprint density at radius 1 is 1.00 bits per heavy atom. The fraction of sp³-hybridized carbons (Fsp3) is 0.111. The summed E-state index contributed by atoms with van der Waals surface area (Å²) in [6.07, 6.45) is 2.55. The van der Waals surface area contributed by atoms with E-state index >= 15 is 0 Å². The number of amides is 2. The van der Waals surface area contributed by atoms with Crippen LogP contribution in [0, 0.1) is 0 Å². The second-order valence-electron chi connectivity index (χ2n) is 5.68. The number of aromatic nitrogens is 1. The zero-order chi connectivity index (χ0) is 16.0. The van der Waals surface area contributed by atoms with Crippen molar-refractivity contribution >= 4 is 28.4 Å². The van der Waals surface area contributed by atoms with Crippen LogP contribution in [0.15, 0.2) is 48.7 Å². The number of hydrogen-bond acceptors (Lipinski definition) is 3. The standard InChI is InChI=1S/C18H15N3O2/c19-12-5-6-14-15(9-12)18(23)21(17(14)22)8-7-11-10-20-16-4-2-1-3-13(11)16/h1-6,9-10,20H,7-8,19H2. The molecule has 2 amide bonds. The summed E-state index contributed by atoms with van der Waals surface area (Å²) >= 11 is 0. The SMILES string of the molecule is Nc1ccc2c(c1)C(=O)N(CCc1c[nH]c3ccccc13)C2=O. The van der Waals surface area contributed by atoms with Gasteiger partial charge in [-0.3, -0.25) is 14.5 Å². The average molecular weight is 305 g/mol. The lowest BCUT2D eigenvalue weighted by atomic mass is 10.1. The van der Waals surface area contributed by atoms with Crippen molar-refractivity contribution in [3.05, 3.63) is 65.4 Å². The molecular formula is C18H15N3O2. The number of hydrogen-bond donors (Lipinski definition) is 2. The molecule has 1 aliphatic rings. The third kappa shape index (κ3) is 2.09. The van der Waals surface area contributed by atoms with Gasteiger partial charge in [0.05, 0.1) is 11.1 Å². The number of anilines is 1. The van der Waals surface area contributed by atoms with Crippen molar-refractivity contribution in [1.82, 2.24) is 9.88 Å². The van der Waals surface area contributed by atoms with E-state index in [4.69, 9.17) is 5.73 Å². The largest absolute Gasteiger partial charge is 0.399 e. The highest BCUT2D eigenvalue weighted by Crippen LogP contribution is 2.26. The molecule has 114 valence electrons. The van der Waals surface area contributed by atoms with Crippen molar-refractivity contribution in [3.8, 4) is 0 Å². The van der Waals surface area contributed by atoms with Crippen molar-refractivity contribution in [2.24, 2.45) is 0 Å². The lowest BCUT2D eigenvalue weighted by Gasteiger charge is -2.13. The Balaban J connectivity index is 1.58. The van der Waals surface area contributed by atoms with E-state index < -0.39 is 0 Å².